The molecule has 0 aromatic heterocycles. The van der Waals surface area contributed by atoms with Crippen LogP contribution in [0.5, 0.6) is 11.5 Å². The van der Waals surface area contributed by atoms with Gasteiger partial charge in [0.15, 0.2) is 11.5 Å². The number of carbonyl (C=O) groups is 1. The molecule has 1 amide bonds. The fourth-order valence-corrected chi connectivity index (χ4v) is 1.82. The lowest BCUT2D eigenvalue weighted by Gasteiger charge is -2.11. The maximum atomic E-state index is 10.8. The predicted molar refractivity (Wildman–Crippen MR) is 82.0 cm³/mol. The number of carbonyl (C=O) groups excluding carboxylic acids is 1. The molecule has 0 aliphatic carbocycles. The van der Waals surface area contributed by atoms with Crippen LogP contribution in [0.4, 0.5) is 0 Å². The van der Waals surface area contributed by atoms with Crippen LogP contribution in [0, 0.1) is 0 Å². The fourth-order valence-electron chi connectivity index (χ4n) is 1.82. The van der Waals surface area contributed by atoms with E-state index in [0.29, 0.717) is 18.1 Å². The van der Waals surface area contributed by atoms with Gasteiger partial charge in [-0.25, -0.2) is 0 Å². The molecule has 0 bridgehead atoms. The molecule has 2 N–H and O–H groups in total. The third-order valence-corrected chi connectivity index (χ3v) is 2.86. The second-order valence-corrected chi connectivity index (χ2v) is 4.42. The van der Waals surface area contributed by atoms with Crippen molar-refractivity contribution in [3.05, 3.63) is 65.7 Å². The first-order chi connectivity index (χ1) is 10.2. The molecule has 0 saturated carbocycles. The Morgan fingerprint density at radius 3 is 2.57 bits per heavy atom. The van der Waals surface area contributed by atoms with Gasteiger partial charge >= 0.3 is 0 Å². The van der Waals surface area contributed by atoms with Crippen LogP contribution in [-0.4, -0.2) is 13.0 Å². The maximum absolute atomic E-state index is 10.8. The van der Waals surface area contributed by atoms with Crippen LogP contribution >= 0.6 is 0 Å². The number of hydrogen-bond acceptors (Lipinski definition) is 3. The third-order valence-electron chi connectivity index (χ3n) is 2.86. The summed E-state index contributed by atoms with van der Waals surface area (Å²) in [5.74, 6) is 0.771. The normalized spacial score (nSPS) is 10.5. The second kappa shape index (κ2) is 7.14. The van der Waals surface area contributed by atoms with E-state index in [-0.39, 0.29) is 0 Å². The number of primary amides is 1. The van der Waals surface area contributed by atoms with Gasteiger partial charge in [-0.1, -0.05) is 36.4 Å². The van der Waals surface area contributed by atoms with Crippen LogP contribution in [0.1, 0.15) is 11.1 Å². The van der Waals surface area contributed by atoms with Crippen LogP contribution in [0.3, 0.4) is 0 Å². The molecule has 21 heavy (non-hydrogen) atoms. The van der Waals surface area contributed by atoms with Crippen molar-refractivity contribution in [2.24, 2.45) is 5.73 Å². The van der Waals surface area contributed by atoms with E-state index in [0.717, 1.165) is 11.1 Å². The molecule has 0 unspecified atom stereocenters. The van der Waals surface area contributed by atoms with Gasteiger partial charge in [0.05, 0.1) is 7.11 Å². The highest BCUT2D eigenvalue weighted by molar-refractivity contribution is 5.90. The van der Waals surface area contributed by atoms with Crippen molar-refractivity contribution in [1.29, 1.82) is 0 Å². The van der Waals surface area contributed by atoms with Crippen molar-refractivity contribution in [2.75, 3.05) is 7.11 Å². The zero-order valence-electron chi connectivity index (χ0n) is 11.8. The summed E-state index contributed by atoms with van der Waals surface area (Å²) in [7, 11) is 1.59. The van der Waals surface area contributed by atoms with Crippen LogP contribution in [0.2, 0.25) is 0 Å². The average molecular weight is 283 g/mol. The highest BCUT2D eigenvalue weighted by atomic mass is 16.5. The first kappa shape index (κ1) is 14.7. The van der Waals surface area contributed by atoms with Gasteiger partial charge in [0, 0.05) is 6.08 Å². The second-order valence-electron chi connectivity index (χ2n) is 4.42. The molecule has 0 atom stereocenters. The van der Waals surface area contributed by atoms with Crippen molar-refractivity contribution in [1.82, 2.24) is 0 Å². The minimum Gasteiger partial charge on any atom is -0.493 e. The molecule has 0 saturated heterocycles. The van der Waals surface area contributed by atoms with Crippen molar-refractivity contribution in [2.45, 2.75) is 6.61 Å². The van der Waals surface area contributed by atoms with Crippen molar-refractivity contribution in [3.8, 4) is 11.5 Å². The van der Waals surface area contributed by atoms with Crippen LogP contribution in [0.15, 0.2) is 54.6 Å². The van der Waals surface area contributed by atoms with Gasteiger partial charge in [-0.15, -0.1) is 0 Å². The highest BCUT2D eigenvalue weighted by Crippen LogP contribution is 2.29. The molecule has 4 nitrogen and oxygen atoms in total. The van der Waals surface area contributed by atoms with E-state index in [1.54, 1.807) is 25.3 Å². The maximum Gasteiger partial charge on any atom is 0.241 e. The monoisotopic (exact) mass is 283 g/mol. The van der Waals surface area contributed by atoms with E-state index in [1.165, 1.54) is 6.08 Å². The zero-order chi connectivity index (χ0) is 15.1. The molecule has 0 aliphatic rings. The number of ether oxygens (including phenoxy) is 2. The van der Waals surface area contributed by atoms with Crippen molar-refractivity contribution >= 4 is 12.0 Å². The van der Waals surface area contributed by atoms with Gasteiger partial charge in [-0.3, -0.25) is 4.79 Å². The largest absolute Gasteiger partial charge is 0.493 e. The Kier molecular flexibility index (Phi) is 4.99. The standard InChI is InChI=1S/C17H17NO3/c1-20-15-9-7-13(8-10-17(18)19)11-16(15)21-12-14-5-3-2-4-6-14/h2-11H,12H2,1H3,(H2,18,19). The minimum absolute atomic E-state index is 0.445. The Morgan fingerprint density at radius 1 is 1.14 bits per heavy atom. The fraction of sp³-hybridized carbons (Fsp3) is 0.118. The number of methoxy groups -OCH3 is 1. The van der Waals surface area contributed by atoms with Gasteiger partial charge in [-0.05, 0) is 29.3 Å². The van der Waals surface area contributed by atoms with Crippen LogP contribution < -0.4 is 15.2 Å². The van der Waals surface area contributed by atoms with Gasteiger partial charge in [0.25, 0.3) is 0 Å². The molecule has 2 aromatic rings. The van der Waals surface area contributed by atoms with E-state index in [1.807, 2.05) is 36.4 Å². The average Bonchev–Trinajstić information content (AvgIpc) is 2.52. The smallest absolute Gasteiger partial charge is 0.241 e. The zero-order valence-corrected chi connectivity index (χ0v) is 11.8. The lowest BCUT2D eigenvalue weighted by molar-refractivity contribution is -0.113. The van der Waals surface area contributed by atoms with E-state index in [9.17, 15) is 4.79 Å². The first-order valence-corrected chi connectivity index (χ1v) is 6.51. The number of amides is 1. The number of benzene rings is 2. The lowest BCUT2D eigenvalue weighted by atomic mass is 10.2. The lowest BCUT2D eigenvalue weighted by Crippen LogP contribution is -2.05. The van der Waals surface area contributed by atoms with E-state index in [4.69, 9.17) is 15.2 Å². The molecule has 0 spiro atoms. The molecule has 108 valence electrons. The number of nitrogens with two attached hydrogens (primary N) is 1. The molecular formula is C17H17NO3. The van der Waals surface area contributed by atoms with Crippen LogP contribution in [-0.2, 0) is 11.4 Å². The summed E-state index contributed by atoms with van der Waals surface area (Å²) in [6.45, 7) is 0.445. The number of rotatable bonds is 6. The first-order valence-electron chi connectivity index (χ1n) is 6.51. The van der Waals surface area contributed by atoms with Gasteiger partial charge in [0.2, 0.25) is 5.91 Å². The SMILES string of the molecule is COc1ccc(C=CC(N)=O)cc1OCc1ccccc1. The summed E-state index contributed by atoms with van der Waals surface area (Å²) in [4.78, 5) is 10.8. The molecule has 0 heterocycles. The predicted octanol–water partition coefficient (Wildman–Crippen LogP) is 2.77. The summed E-state index contributed by atoms with van der Waals surface area (Å²) in [5.41, 5.74) is 6.97. The minimum atomic E-state index is -0.488. The summed E-state index contributed by atoms with van der Waals surface area (Å²) in [6.07, 6.45) is 2.94. The van der Waals surface area contributed by atoms with E-state index < -0.39 is 5.91 Å². The molecule has 2 aromatic carbocycles. The molecule has 2 rings (SSSR count). The number of hydrogen-bond donors (Lipinski definition) is 1. The Bertz CT molecular complexity index is 636. The highest BCUT2D eigenvalue weighted by Gasteiger charge is 2.05. The summed E-state index contributed by atoms with van der Waals surface area (Å²) >= 11 is 0. The Labute approximate surface area is 123 Å². The van der Waals surface area contributed by atoms with Gasteiger partial charge < -0.3 is 15.2 Å². The van der Waals surface area contributed by atoms with Gasteiger partial charge in [-0.2, -0.15) is 0 Å². The molecule has 0 aliphatic heterocycles. The van der Waals surface area contributed by atoms with Crippen molar-refractivity contribution < 1.29 is 14.3 Å². The van der Waals surface area contributed by atoms with Gasteiger partial charge in [0.1, 0.15) is 6.61 Å². The summed E-state index contributed by atoms with van der Waals surface area (Å²) in [5, 5.41) is 0. The van der Waals surface area contributed by atoms with E-state index >= 15 is 0 Å². The van der Waals surface area contributed by atoms with Crippen molar-refractivity contribution in [3.63, 3.8) is 0 Å². The third kappa shape index (κ3) is 4.38. The Hall–Kier alpha value is -2.75. The van der Waals surface area contributed by atoms with E-state index in [2.05, 4.69) is 0 Å². The molecule has 0 fully saturated rings. The summed E-state index contributed by atoms with van der Waals surface area (Å²) in [6, 6.07) is 15.3. The molecular weight excluding hydrogens is 266 g/mol. The Morgan fingerprint density at radius 2 is 1.90 bits per heavy atom. The summed E-state index contributed by atoms with van der Waals surface area (Å²) < 4.78 is 11.1. The molecule has 0 radical (unpaired) electrons. The topological polar surface area (TPSA) is 61.5 Å². The molecule has 4 heteroatoms. The Balaban J connectivity index is 2.16. The van der Waals surface area contributed by atoms with Crippen LogP contribution in [0.25, 0.3) is 6.08 Å². The quantitative estimate of drug-likeness (QED) is 0.829.